The zero-order valence-corrected chi connectivity index (χ0v) is 13.0. The van der Waals surface area contributed by atoms with Crippen LogP contribution in [0.3, 0.4) is 0 Å². The van der Waals surface area contributed by atoms with Gasteiger partial charge in [-0.3, -0.25) is 0 Å². The molecule has 2 rings (SSSR count). The monoisotopic (exact) mass is 311 g/mol. The second-order valence-corrected chi connectivity index (χ2v) is 7.18. The summed E-state index contributed by atoms with van der Waals surface area (Å²) in [6.07, 6.45) is 0.582. The van der Waals surface area contributed by atoms with E-state index in [4.69, 9.17) is 5.73 Å². The minimum Gasteiger partial charge on any atom is -0.398 e. The minimum absolute atomic E-state index is 0.229. The molecule has 0 saturated heterocycles. The number of benzene rings is 1. The van der Waals surface area contributed by atoms with Crippen LogP contribution >= 0.6 is 11.3 Å². The number of anilines is 1. The van der Waals surface area contributed by atoms with Crippen LogP contribution in [-0.4, -0.2) is 19.9 Å². The maximum Gasteiger partial charge on any atom is 0.240 e. The van der Waals surface area contributed by atoms with Crippen molar-refractivity contribution >= 4 is 27.0 Å². The predicted octanol–water partition coefficient (Wildman–Crippen LogP) is 1.86. The van der Waals surface area contributed by atoms with Crippen molar-refractivity contribution < 1.29 is 8.42 Å². The van der Waals surface area contributed by atoms with Crippen LogP contribution in [0.25, 0.3) is 0 Å². The molecule has 0 bridgehead atoms. The molecule has 108 valence electrons. The Bertz CT molecular complexity index is 708. The molecule has 7 heteroatoms. The Kier molecular flexibility index (Phi) is 4.42. The lowest BCUT2D eigenvalue weighted by atomic mass is 10.2. The van der Waals surface area contributed by atoms with Gasteiger partial charge in [0.2, 0.25) is 10.0 Å². The summed E-state index contributed by atoms with van der Waals surface area (Å²) in [7, 11) is -3.53. The fourth-order valence-electron chi connectivity index (χ4n) is 1.81. The number of aromatic nitrogens is 1. The summed E-state index contributed by atoms with van der Waals surface area (Å²) in [6, 6.07) is 4.88. The molecular weight excluding hydrogens is 294 g/mol. The highest BCUT2D eigenvalue weighted by Gasteiger charge is 2.17. The fourth-order valence-corrected chi connectivity index (χ4v) is 3.89. The van der Waals surface area contributed by atoms with E-state index in [0.717, 1.165) is 10.7 Å². The quantitative estimate of drug-likeness (QED) is 0.825. The van der Waals surface area contributed by atoms with Crippen LogP contribution in [0, 0.1) is 13.8 Å². The molecular formula is C13H17N3O2S2. The van der Waals surface area contributed by atoms with Crippen LogP contribution in [0.1, 0.15) is 16.3 Å². The third kappa shape index (κ3) is 3.36. The van der Waals surface area contributed by atoms with Gasteiger partial charge in [-0.05, 0) is 31.5 Å². The van der Waals surface area contributed by atoms with E-state index in [1.807, 2.05) is 12.3 Å². The molecule has 20 heavy (non-hydrogen) atoms. The normalized spacial score (nSPS) is 11.7. The van der Waals surface area contributed by atoms with Crippen molar-refractivity contribution in [1.82, 2.24) is 9.71 Å². The van der Waals surface area contributed by atoms with Crippen LogP contribution in [0.5, 0.6) is 0 Å². The largest absolute Gasteiger partial charge is 0.398 e. The molecule has 0 aliphatic rings. The van der Waals surface area contributed by atoms with Gasteiger partial charge in [0.25, 0.3) is 0 Å². The molecule has 1 heterocycles. The highest BCUT2D eigenvalue weighted by molar-refractivity contribution is 7.89. The molecule has 0 aliphatic carbocycles. The maximum atomic E-state index is 12.2. The van der Waals surface area contributed by atoms with E-state index in [0.29, 0.717) is 24.2 Å². The number of hydrogen-bond acceptors (Lipinski definition) is 5. The van der Waals surface area contributed by atoms with Crippen LogP contribution in [0.4, 0.5) is 5.69 Å². The van der Waals surface area contributed by atoms with E-state index in [1.54, 1.807) is 25.1 Å². The Morgan fingerprint density at radius 3 is 2.75 bits per heavy atom. The predicted molar refractivity (Wildman–Crippen MR) is 81.3 cm³/mol. The van der Waals surface area contributed by atoms with E-state index >= 15 is 0 Å². The number of thiazole rings is 1. The summed E-state index contributed by atoms with van der Waals surface area (Å²) < 4.78 is 27.0. The molecule has 0 amide bonds. The average Bonchev–Trinajstić information content (AvgIpc) is 2.78. The molecule has 3 N–H and O–H groups in total. The number of nitrogen functional groups attached to an aromatic ring is 1. The van der Waals surface area contributed by atoms with Gasteiger partial charge >= 0.3 is 0 Å². The molecule has 5 nitrogen and oxygen atoms in total. The van der Waals surface area contributed by atoms with E-state index in [9.17, 15) is 8.42 Å². The Morgan fingerprint density at radius 2 is 2.10 bits per heavy atom. The Balaban J connectivity index is 2.06. The maximum absolute atomic E-state index is 12.2. The van der Waals surface area contributed by atoms with Crippen molar-refractivity contribution in [2.24, 2.45) is 0 Å². The molecule has 0 aliphatic heterocycles. The molecule has 2 aromatic rings. The van der Waals surface area contributed by atoms with Crippen LogP contribution in [0.15, 0.2) is 28.5 Å². The van der Waals surface area contributed by atoms with Crippen molar-refractivity contribution in [2.45, 2.75) is 25.2 Å². The van der Waals surface area contributed by atoms with Gasteiger partial charge in [-0.25, -0.2) is 18.1 Å². The van der Waals surface area contributed by atoms with Crippen LogP contribution in [-0.2, 0) is 16.4 Å². The average molecular weight is 311 g/mol. The number of rotatable bonds is 5. The van der Waals surface area contributed by atoms with Gasteiger partial charge < -0.3 is 5.73 Å². The van der Waals surface area contributed by atoms with E-state index in [1.165, 1.54) is 11.3 Å². The van der Waals surface area contributed by atoms with Gasteiger partial charge in [0.05, 0.1) is 9.90 Å². The SMILES string of the molecule is Cc1csc(CCNS(=O)(=O)c2cccc(N)c2C)n1. The number of sulfonamides is 1. The van der Waals surface area contributed by atoms with E-state index in [2.05, 4.69) is 9.71 Å². The Labute approximate surface area is 122 Å². The van der Waals surface area contributed by atoms with Crippen molar-refractivity contribution in [3.05, 3.63) is 39.8 Å². The first-order chi connectivity index (χ1) is 9.40. The number of aryl methyl sites for hydroxylation is 1. The number of nitrogens with one attached hydrogen (secondary N) is 1. The zero-order valence-electron chi connectivity index (χ0n) is 11.4. The number of nitrogens with two attached hydrogens (primary N) is 1. The van der Waals surface area contributed by atoms with Crippen molar-refractivity contribution in [3.8, 4) is 0 Å². The first kappa shape index (κ1) is 15.0. The molecule has 1 aromatic carbocycles. The molecule has 0 fully saturated rings. The topological polar surface area (TPSA) is 85.1 Å². The standard InChI is InChI=1S/C13H17N3O2S2/c1-9-8-19-13(16-9)6-7-15-20(17,18)12-5-3-4-11(14)10(12)2/h3-5,8,15H,6-7,14H2,1-2H3. The summed E-state index contributed by atoms with van der Waals surface area (Å²) in [5.74, 6) is 0. The second-order valence-electron chi connectivity index (χ2n) is 4.50. The van der Waals surface area contributed by atoms with Crippen LogP contribution < -0.4 is 10.5 Å². The van der Waals surface area contributed by atoms with Gasteiger partial charge in [-0.1, -0.05) is 6.07 Å². The number of hydrogen-bond donors (Lipinski definition) is 2. The van der Waals surface area contributed by atoms with Crippen LogP contribution in [0.2, 0.25) is 0 Å². The first-order valence-corrected chi connectivity index (χ1v) is 8.52. The van der Waals surface area contributed by atoms with E-state index in [-0.39, 0.29) is 4.90 Å². The smallest absolute Gasteiger partial charge is 0.240 e. The summed E-state index contributed by atoms with van der Waals surface area (Å²) >= 11 is 1.54. The van der Waals surface area contributed by atoms with Gasteiger partial charge in [0.15, 0.2) is 0 Å². The summed E-state index contributed by atoms with van der Waals surface area (Å²) in [5, 5.41) is 2.88. The van der Waals surface area contributed by atoms with Gasteiger partial charge in [0.1, 0.15) is 0 Å². The van der Waals surface area contributed by atoms with Gasteiger partial charge in [-0.15, -0.1) is 11.3 Å². The molecule has 0 saturated carbocycles. The lowest BCUT2D eigenvalue weighted by Crippen LogP contribution is -2.26. The summed E-state index contributed by atoms with van der Waals surface area (Å²) in [4.78, 5) is 4.53. The molecule has 0 radical (unpaired) electrons. The lowest BCUT2D eigenvalue weighted by Gasteiger charge is -2.10. The first-order valence-electron chi connectivity index (χ1n) is 6.16. The second kappa shape index (κ2) is 5.90. The molecule has 0 spiro atoms. The Morgan fingerprint density at radius 1 is 1.35 bits per heavy atom. The zero-order chi connectivity index (χ0) is 14.8. The molecule has 0 unspecified atom stereocenters. The molecule has 0 atom stereocenters. The summed E-state index contributed by atoms with van der Waals surface area (Å²) in [5.41, 5.74) is 7.75. The van der Waals surface area contributed by atoms with Gasteiger partial charge in [-0.2, -0.15) is 0 Å². The van der Waals surface area contributed by atoms with Crippen molar-refractivity contribution in [2.75, 3.05) is 12.3 Å². The van der Waals surface area contributed by atoms with E-state index < -0.39 is 10.0 Å². The van der Waals surface area contributed by atoms with Crippen molar-refractivity contribution in [3.63, 3.8) is 0 Å². The number of nitrogens with zero attached hydrogens (tertiary/aromatic N) is 1. The fraction of sp³-hybridized carbons (Fsp3) is 0.308. The highest BCUT2D eigenvalue weighted by atomic mass is 32.2. The van der Waals surface area contributed by atoms with Crippen molar-refractivity contribution in [1.29, 1.82) is 0 Å². The highest BCUT2D eigenvalue weighted by Crippen LogP contribution is 2.20. The third-order valence-electron chi connectivity index (χ3n) is 2.91. The lowest BCUT2D eigenvalue weighted by molar-refractivity contribution is 0.581. The third-order valence-corrected chi connectivity index (χ3v) is 5.54. The minimum atomic E-state index is -3.53. The molecule has 1 aromatic heterocycles. The van der Waals surface area contributed by atoms with Gasteiger partial charge in [0, 0.05) is 29.7 Å². The summed E-state index contributed by atoms with van der Waals surface area (Å²) in [6.45, 7) is 3.94. The Hall–Kier alpha value is -1.44.